The van der Waals surface area contributed by atoms with Crippen molar-refractivity contribution in [3.63, 3.8) is 0 Å². The van der Waals surface area contributed by atoms with E-state index in [0.29, 0.717) is 5.56 Å². The van der Waals surface area contributed by atoms with Crippen LogP contribution in [0.2, 0.25) is 0 Å². The van der Waals surface area contributed by atoms with Gasteiger partial charge in [-0.3, -0.25) is 9.59 Å². The number of carbonyl (C=O) groups excluding carboxylic acids is 2. The molecule has 0 unspecified atom stereocenters. The second kappa shape index (κ2) is 12.0. The lowest BCUT2D eigenvalue weighted by molar-refractivity contribution is -0.143. The molecule has 0 aliphatic heterocycles. The molecule has 1 rings (SSSR count). The van der Waals surface area contributed by atoms with Gasteiger partial charge in [0, 0.05) is 12.8 Å². The Labute approximate surface area is 165 Å². The predicted molar refractivity (Wildman–Crippen MR) is 96.9 cm³/mol. The van der Waals surface area contributed by atoms with Crippen molar-refractivity contribution < 1.29 is 44.0 Å². The Balaban J connectivity index is 2.48. The second-order valence-corrected chi connectivity index (χ2v) is 6.03. The van der Waals surface area contributed by atoms with E-state index in [9.17, 15) is 29.1 Å². The lowest BCUT2D eigenvalue weighted by Gasteiger charge is -2.16. The molecular formula is C18H22N2O9. The third kappa shape index (κ3) is 9.75. The summed E-state index contributed by atoms with van der Waals surface area (Å²) in [5.41, 5.74) is 0.704. The number of carboxylic acid groups (broad SMARTS) is 3. The molecule has 0 saturated heterocycles. The van der Waals surface area contributed by atoms with Crippen LogP contribution in [0.5, 0.6) is 0 Å². The molecular weight excluding hydrogens is 388 g/mol. The van der Waals surface area contributed by atoms with Gasteiger partial charge in [0.2, 0.25) is 5.91 Å². The fraction of sp³-hybridized carbons (Fsp3) is 0.389. The van der Waals surface area contributed by atoms with E-state index < -0.39 is 54.8 Å². The number of carbonyl (C=O) groups is 5. The van der Waals surface area contributed by atoms with Gasteiger partial charge in [-0.1, -0.05) is 30.3 Å². The van der Waals surface area contributed by atoms with Gasteiger partial charge in [0.1, 0.15) is 18.7 Å². The first-order chi connectivity index (χ1) is 13.7. The summed E-state index contributed by atoms with van der Waals surface area (Å²) in [5.74, 6) is -4.80. The zero-order valence-electron chi connectivity index (χ0n) is 15.4. The molecule has 0 saturated carbocycles. The molecule has 1 aromatic rings. The van der Waals surface area contributed by atoms with Crippen molar-refractivity contribution in [3.8, 4) is 0 Å². The summed E-state index contributed by atoms with van der Waals surface area (Å²) in [7, 11) is 0. The molecule has 0 aliphatic rings. The average molecular weight is 410 g/mol. The standard InChI is InChI=1S/C18H22N2O9/c21-14(19-12(16(24)25)7-9-15(22)23)8-6-13(17(26)27)20-18(28)29-10-11-4-2-1-3-5-11/h1-5,12-13H,6-10H2,(H,19,21)(H,20,28)(H,22,23)(H,24,25)(H,26,27)/t12-,13-/m1/s1. The Kier molecular flexibility index (Phi) is 9.65. The predicted octanol–water partition coefficient (Wildman–Crippen LogP) is 0.580. The van der Waals surface area contributed by atoms with Crippen LogP contribution in [0.3, 0.4) is 0 Å². The topological polar surface area (TPSA) is 179 Å². The Morgan fingerprint density at radius 3 is 1.93 bits per heavy atom. The minimum Gasteiger partial charge on any atom is -0.481 e. The van der Waals surface area contributed by atoms with E-state index in [-0.39, 0.29) is 19.4 Å². The van der Waals surface area contributed by atoms with Gasteiger partial charge in [-0.15, -0.1) is 0 Å². The molecule has 0 heterocycles. The van der Waals surface area contributed by atoms with Crippen LogP contribution in [0.15, 0.2) is 30.3 Å². The lowest BCUT2D eigenvalue weighted by atomic mass is 10.1. The fourth-order valence-electron chi connectivity index (χ4n) is 2.23. The van der Waals surface area contributed by atoms with E-state index in [1.54, 1.807) is 30.3 Å². The van der Waals surface area contributed by atoms with E-state index in [1.807, 2.05) is 0 Å². The lowest BCUT2D eigenvalue weighted by Crippen LogP contribution is -2.44. The number of nitrogens with one attached hydrogen (secondary N) is 2. The van der Waals surface area contributed by atoms with E-state index in [4.69, 9.17) is 14.9 Å². The van der Waals surface area contributed by atoms with Gasteiger partial charge in [0.05, 0.1) is 0 Å². The van der Waals surface area contributed by atoms with Gasteiger partial charge in [-0.25, -0.2) is 14.4 Å². The molecule has 0 spiro atoms. The third-order valence-electron chi connectivity index (χ3n) is 3.74. The van der Waals surface area contributed by atoms with Crippen LogP contribution in [-0.2, 0) is 30.5 Å². The largest absolute Gasteiger partial charge is 0.481 e. The smallest absolute Gasteiger partial charge is 0.408 e. The molecule has 11 heteroatoms. The van der Waals surface area contributed by atoms with Crippen LogP contribution in [0.1, 0.15) is 31.2 Å². The van der Waals surface area contributed by atoms with Crippen LogP contribution < -0.4 is 10.6 Å². The highest BCUT2D eigenvalue weighted by atomic mass is 16.5. The van der Waals surface area contributed by atoms with Crippen molar-refractivity contribution in [2.24, 2.45) is 0 Å². The quantitative estimate of drug-likeness (QED) is 0.329. The maximum atomic E-state index is 11.9. The second-order valence-electron chi connectivity index (χ2n) is 6.03. The van der Waals surface area contributed by atoms with Gasteiger partial charge < -0.3 is 30.7 Å². The third-order valence-corrected chi connectivity index (χ3v) is 3.74. The first-order valence-corrected chi connectivity index (χ1v) is 8.63. The van der Waals surface area contributed by atoms with Crippen molar-refractivity contribution in [2.45, 2.75) is 44.4 Å². The number of carboxylic acids is 3. The molecule has 0 bridgehead atoms. The maximum absolute atomic E-state index is 11.9. The molecule has 29 heavy (non-hydrogen) atoms. The van der Waals surface area contributed by atoms with Gasteiger partial charge in [0.15, 0.2) is 0 Å². The summed E-state index contributed by atoms with van der Waals surface area (Å²) in [6.45, 7) is -0.0661. The van der Waals surface area contributed by atoms with E-state index in [1.165, 1.54) is 0 Å². The molecule has 5 N–H and O–H groups in total. The number of alkyl carbamates (subject to hydrolysis) is 1. The van der Waals surface area contributed by atoms with Crippen molar-refractivity contribution in [3.05, 3.63) is 35.9 Å². The van der Waals surface area contributed by atoms with Crippen LogP contribution in [0.4, 0.5) is 4.79 Å². The first kappa shape index (κ1) is 23.4. The molecule has 0 fully saturated rings. The number of benzene rings is 1. The summed E-state index contributed by atoms with van der Waals surface area (Å²) >= 11 is 0. The molecule has 158 valence electrons. The summed E-state index contributed by atoms with van der Waals surface area (Å²) in [6.07, 6.45) is -2.46. The molecule has 0 aromatic heterocycles. The fourth-order valence-corrected chi connectivity index (χ4v) is 2.23. The number of aliphatic carboxylic acids is 3. The summed E-state index contributed by atoms with van der Waals surface area (Å²) in [6, 6.07) is 5.88. The van der Waals surface area contributed by atoms with Gasteiger partial charge in [-0.2, -0.15) is 0 Å². The zero-order valence-corrected chi connectivity index (χ0v) is 15.4. The molecule has 11 nitrogen and oxygen atoms in total. The van der Waals surface area contributed by atoms with E-state index >= 15 is 0 Å². The highest BCUT2D eigenvalue weighted by molar-refractivity contribution is 5.85. The number of hydrogen-bond acceptors (Lipinski definition) is 6. The zero-order chi connectivity index (χ0) is 21.8. The summed E-state index contributed by atoms with van der Waals surface area (Å²) in [5, 5.41) is 31.0. The average Bonchev–Trinajstić information content (AvgIpc) is 2.66. The van der Waals surface area contributed by atoms with Crippen LogP contribution in [0.25, 0.3) is 0 Å². The monoisotopic (exact) mass is 410 g/mol. The molecule has 1 aromatic carbocycles. The molecule has 2 amide bonds. The molecule has 0 radical (unpaired) electrons. The van der Waals surface area contributed by atoms with Crippen molar-refractivity contribution in [2.75, 3.05) is 0 Å². The van der Waals surface area contributed by atoms with Gasteiger partial charge >= 0.3 is 24.0 Å². The van der Waals surface area contributed by atoms with Gasteiger partial charge in [-0.05, 0) is 18.4 Å². The highest BCUT2D eigenvalue weighted by Crippen LogP contribution is 2.04. The molecule has 0 aliphatic carbocycles. The van der Waals surface area contributed by atoms with E-state index in [0.717, 1.165) is 0 Å². The SMILES string of the molecule is O=C(O)CC[C@@H](NC(=O)CC[C@@H](NC(=O)OCc1ccccc1)C(=O)O)C(=O)O. The Morgan fingerprint density at radius 1 is 0.828 bits per heavy atom. The van der Waals surface area contributed by atoms with Crippen molar-refractivity contribution >= 4 is 29.9 Å². The number of amides is 2. The minimum atomic E-state index is -1.42. The number of ether oxygens (including phenoxy) is 1. The first-order valence-electron chi connectivity index (χ1n) is 8.63. The number of hydrogen-bond donors (Lipinski definition) is 5. The normalized spacial score (nSPS) is 12.3. The molecule has 2 atom stereocenters. The number of rotatable bonds is 12. The highest BCUT2D eigenvalue weighted by Gasteiger charge is 2.24. The summed E-state index contributed by atoms with van der Waals surface area (Å²) < 4.78 is 4.92. The summed E-state index contributed by atoms with van der Waals surface area (Å²) in [4.78, 5) is 56.5. The Morgan fingerprint density at radius 2 is 1.38 bits per heavy atom. The van der Waals surface area contributed by atoms with Crippen molar-refractivity contribution in [1.29, 1.82) is 0 Å². The van der Waals surface area contributed by atoms with Gasteiger partial charge in [0.25, 0.3) is 0 Å². The Bertz CT molecular complexity index is 736. The van der Waals surface area contributed by atoms with Crippen LogP contribution in [0, 0.1) is 0 Å². The Hall–Kier alpha value is -3.63. The van der Waals surface area contributed by atoms with Crippen LogP contribution >= 0.6 is 0 Å². The van der Waals surface area contributed by atoms with Crippen molar-refractivity contribution in [1.82, 2.24) is 10.6 Å². The van der Waals surface area contributed by atoms with E-state index in [2.05, 4.69) is 10.6 Å². The minimum absolute atomic E-state index is 0.0661. The van der Waals surface area contributed by atoms with Crippen LogP contribution in [-0.4, -0.2) is 57.3 Å². The maximum Gasteiger partial charge on any atom is 0.408 e.